The smallest absolute Gasteiger partial charge is 0.222 e. The first-order chi connectivity index (χ1) is 9.71. The zero-order valence-electron chi connectivity index (χ0n) is 13.2. The van der Waals surface area contributed by atoms with E-state index in [1.807, 2.05) is 0 Å². The number of nitrogens with one attached hydrogen (secondary N) is 3. The molecule has 0 aromatic heterocycles. The molecule has 0 spiro atoms. The largest absolute Gasteiger partial charge is 0.231 e. The second-order valence-corrected chi connectivity index (χ2v) is 4.06. The molecule has 1 aromatic rings. The van der Waals surface area contributed by atoms with Crippen molar-refractivity contribution < 1.29 is 14.4 Å². The van der Waals surface area contributed by atoms with Crippen LogP contribution in [0.5, 0.6) is 0 Å². The molecule has 0 heterocycles. The monoisotopic (exact) mass is 291 g/mol. The molecular weight excluding hydrogens is 270 g/mol. The van der Waals surface area contributed by atoms with Gasteiger partial charge in [-0.05, 0) is 74.9 Å². The maximum atomic E-state index is 8.35. The average molecular weight is 291 g/mol. The highest BCUT2D eigenvalue weighted by molar-refractivity contribution is 5.48. The van der Waals surface area contributed by atoms with Crippen molar-refractivity contribution in [2.45, 2.75) is 41.5 Å². The Morgan fingerprint density at radius 2 is 0.524 bits per heavy atom. The van der Waals surface area contributed by atoms with Crippen LogP contribution in [0.15, 0.2) is 0 Å². The van der Waals surface area contributed by atoms with Crippen LogP contribution >= 0.6 is 0 Å². The standard InChI is InChI=1S/C12H18.3CHNO/c1-7-8(2)10(4)12(6)11(5)9(7)3;3*2-1-3/h1-6H3;3*2H. The molecule has 1 rings (SSSR count). The Bertz CT molecular complexity index is 426. The molecular formula is C15H21N3O3. The number of isocyanates is 3. The van der Waals surface area contributed by atoms with Crippen LogP contribution in [0.3, 0.4) is 0 Å². The van der Waals surface area contributed by atoms with Crippen LogP contribution in [-0.4, -0.2) is 18.2 Å². The van der Waals surface area contributed by atoms with Crippen molar-refractivity contribution in [3.05, 3.63) is 33.4 Å². The van der Waals surface area contributed by atoms with Gasteiger partial charge in [0.25, 0.3) is 0 Å². The van der Waals surface area contributed by atoms with Crippen molar-refractivity contribution in [2.24, 2.45) is 0 Å². The zero-order valence-corrected chi connectivity index (χ0v) is 13.2. The van der Waals surface area contributed by atoms with Crippen molar-refractivity contribution in [1.82, 2.24) is 0 Å². The summed E-state index contributed by atoms with van der Waals surface area (Å²) in [5.41, 5.74) is 8.73. The molecule has 6 nitrogen and oxygen atoms in total. The van der Waals surface area contributed by atoms with Crippen molar-refractivity contribution in [1.29, 1.82) is 16.2 Å². The van der Waals surface area contributed by atoms with Crippen LogP contribution in [0.25, 0.3) is 0 Å². The third-order valence-corrected chi connectivity index (χ3v) is 3.38. The molecule has 3 N–H and O–H groups in total. The minimum absolute atomic E-state index is 0.750. The molecule has 6 heteroatoms. The lowest BCUT2D eigenvalue weighted by atomic mass is 9.90. The lowest BCUT2D eigenvalue weighted by Crippen LogP contribution is -1.98. The Kier molecular flexibility index (Phi) is 15.4. The highest BCUT2D eigenvalue weighted by Gasteiger charge is 2.07. The molecule has 0 radical (unpaired) electrons. The van der Waals surface area contributed by atoms with Gasteiger partial charge in [0.1, 0.15) is 0 Å². The van der Waals surface area contributed by atoms with Crippen molar-refractivity contribution >= 4 is 18.2 Å². The normalized spacial score (nSPS) is 7.14. The summed E-state index contributed by atoms with van der Waals surface area (Å²) >= 11 is 0. The van der Waals surface area contributed by atoms with Crippen LogP contribution < -0.4 is 0 Å². The zero-order chi connectivity index (χ0) is 17.6. The van der Waals surface area contributed by atoms with Crippen LogP contribution in [0.2, 0.25) is 0 Å². The molecule has 0 bridgehead atoms. The second kappa shape index (κ2) is 13.8. The molecule has 0 fully saturated rings. The highest BCUT2D eigenvalue weighted by Crippen LogP contribution is 2.24. The van der Waals surface area contributed by atoms with E-state index in [2.05, 4.69) is 41.5 Å². The number of carbonyl (C=O) groups excluding carboxylic acids is 3. The summed E-state index contributed by atoms with van der Waals surface area (Å²) in [5.74, 6) is 0. The summed E-state index contributed by atoms with van der Waals surface area (Å²) in [5, 5.41) is 16.2. The Morgan fingerprint density at radius 1 is 0.476 bits per heavy atom. The van der Waals surface area contributed by atoms with E-state index in [1.165, 1.54) is 33.4 Å². The van der Waals surface area contributed by atoms with Gasteiger partial charge in [0.2, 0.25) is 18.2 Å². The van der Waals surface area contributed by atoms with Crippen molar-refractivity contribution in [3.8, 4) is 0 Å². The summed E-state index contributed by atoms with van der Waals surface area (Å²) in [6.07, 6.45) is 2.25. The quantitative estimate of drug-likeness (QED) is 0.502. The topological polar surface area (TPSA) is 123 Å². The Hall–Kier alpha value is -2.64. The van der Waals surface area contributed by atoms with E-state index >= 15 is 0 Å². The number of rotatable bonds is 0. The average Bonchev–Trinajstić information content (AvgIpc) is 2.44. The fourth-order valence-electron chi connectivity index (χ4n) is 1.69. The lowest BCUT2D eigenvalue weighted by Gasteiger charge is -2.15. The summed E-state index contributed by atoms with van der Waals surface area (Å²) in [7, 11) is 0. The van der Waals surface area contributed by atoms with Gasteiger partial charge >= 0.3 is 0 Å². The Balaban J connectivity index is -0.000000300. The Labute approximate surface area is 124 Å². The van der Waals surface area contributed by atoms with Gasteiger partial charge in [-0.15, -0.1) is 0 Å². The maximum absolute atomic E-state index is 8.35. The van der Waals surface area contributed by atoms with Gasteiger partial charge in [0.15, 0.2) is 0 Å². The SMILES string of the molecule is Cc1c(C)c(C)c(C)c(C)c1C.N=C=O.N=C=O.N=C=O. The minimum Gasteiger partial charge on any atom is -0.222 e. The van der Waals surface area contributed by atoms with Gasteiger partial charge in [-0.3, -0.25) is 0 Å². The van der Waals surface area contributed by atoms with E-state index in [9.17, 15) is 0 Å². The number of benzene rings is 1. The van der Waals surface area contributed by atoms with Gasteiger partial charge in [-0.1, -0.05) is 0 Å². The van der Waals surface area contributed by atoms with E-state index in [0.29, 0.717) is 0 Å². The highest BCUT2D eigenvalue weighted by atomic mass is 16.1. The van der Waals surface area contributed by atoms with E-state index in [-0.39, 0.29) is 0 Å². The van der Waals surface area contributed by atoms with Gasteiger partial charge in [0, 0.05) is 0 Å². The van der Waals surface area contributed by atoms with Crippen LogP contribution in [0.4, 0.5) is 0 Å². The maximum Gasteiger partial charge on any atom is 0.231 e. The molecule has 0 unspecified atom stereocenters. The van der Waals surface area contributed by atoms with Gasteiger partial charge in [0.05, 0.1) is 0 Å². The predicted octanol–water partition coefficient (Wildman–Crippen LogP) is 3.24. The predicted molar refractivity (Wildman–Crippen MR) is 80.1 cm³/mol. The van der Waals surface area contributed by atoms with Crippen LogP contribution in [0, 0.1) is 57.8 Å². The second-order valence-electron chi connectivity index (χ2n) is 4.06. The first-order valence-corrected chi connectivity index (χ1v) is 5.86. The van der Waals surface area contributed by atoms with Crippen molar-refractivity contribution in [3.63, 3.8) is 0 Å². The third-order valence-electron chi connectivity index (χ3n) is 3.38. The molecule has 21 heavy (non-hydrogen) atoms. The van der Waals surface area contributed by atoms with E-state index in [1.54, 1.807) is 0 Å². The van der Waals surface area contributed by atoms with E-state index in [4.69, 9.17) is 30.6 Å². The van der Waals surface area contributed by atoms with Crippen molar-refractivity contribution in [2.75, 3.05) is 0 Å². The molecule has 0 saturated carbocycles. The van der Waals surface area contributed by atoms with Crippen LogP contribution in [-0.2, 0) is 14.4 Å². The van der Waals surface area contributed by atoms with E-state index < -0.39 is 0 Å². The fraction of sp³-hybridized carbons (Fsp3) is 0.400. The molecule has 0 aliphatic rings. The summed E-state index contributed by atoms with van der Waals surface area (Å²) in [6.45, 7) is 13.3. The molecule has 114 valence electrons. The molecule has 0 atom stereocenters. The van der Waals surface area contributed by atoms with Gasteiger partial charge in [-0.25, -0.2) is 30.6 Å². The Morgan fingerprint density at radius 3 is 0.571 bits per heavy atom. The lowest BCUT2D eigenvalue weighted by molar-refractivity contribution is 0.562. The minimum atomic E-state index is 0.750. The molecule has 1 aromatic carbocycles. The summed E-state index contributed by atoms with van der Waals surface area (Å²) in [4.78, 5) is 25.0. The summed E-state index contributed by atoms with van der Waals surface area (Å²) < 4.78 is 0. The van der Waals surface area contributed by atoms with E-state index in [0.717, 1.165) is 18.2 Å². The third kappa shape index (κ3) is 8.98. The first kappa shape index (κ1) is 23.5. The number of hydrogen-bond donors (Lipinski definition) is 3. The van der Waals surface area contributed by atoms with Crippen LogP contribution in [0.1, 0.15) is 33.4 Å². The number of hydrogen-bond acceptors (Lipinski definition) is 6. The summed E-state index contributed by atoms with van der Waals surface area (Å²) in [6, 6.07) is 0. The first-order valence-electron chi connectivity index (χ1n) is 5.86. The van der Waals surface area contributed by atoms with Gasteiger partial charge < -0.3 is 0 Å². The molecule has 0 saturated heterocycles. The van der Waals surface area contributed by atoms with Gasteiger partial charge in [-0.2, -0.15) is 0 Å². The molecule has 0 aliphatic heterocycles. The molecule has 0 aliphatic carbocycles. The fourth-order valence-corrected chi connectivity index (χ4v) is 1.69. The molecule has 0 amide bonds.